The lowest BCUT2D eigenvalue weighted by Crippen LogP contribution is -2.43. The highest BCUT2D eigenvalue weighted by Crippen LogP contribution is 2.32. The Morgan fingerprint density at radius 3 is 2.45 bits per heavy atom. The fourth-order valence-corrected chi connectivity index (χ4v) is 3.16. The first-order valence-corrected chi connectivity index (χ1v) is 7.60. The number of likely N-dealkylation sites (N-methyl/N-ethyl adjacent to an activating group) is 1. The lowest BCUT2D eigenvalue weighted by Gasteiger charge is -2.11. The Morgan fingerprint density at radius 2 is 1.91 bits per heavy atom. The van der Waals surface area contributed by atoms with Gasteiger partial charge in [0.25, 0.3) is 5.91 Å². The van der Waals surface area contributed by atoms with Crippen LogP contribution in [0.1, 0.15) is 33.7 Å². The van der Waals surface area contributed by atoms with E-state index < -0.39 is 6.04 Å². The second-order valence-electron chi connectivity index (χ2n) is 4.94. The first-order chi connectivity index (χ1) is 10.3. The molecule has 0 aliphatic heterocycles. The number of aromatic nitrogens is 2. The second-order valence-corrected chi connectivity index (χ2v) is 5.94. The van der Waals surface area contributed by atoms with Crippen LogP contribution >= 0.6 is 11.3 Å². The number of nitrogens with one attached hydrogen (secondary N) is 2. The van der Waals surface area contributed by atoms with Crippen LogP contribution < -0.4 is 10.6 Å². The van der Waals surface area contributed by atoms with Crippen molar-refractivity contribution in [3.63, 3.8) is 0 Å². The molecule has 0 radical (unpaired) electrons. The number of carbonyl (C=O) groups excluding carboxylic acids is 2. The van der Waals surface area contributed by atoms with Gasteiger partial charge in [0.15, 0.2) is 0 Å². The summed E-state index contributed by atoms with van der Waals surface area (Å²) in [5.74, 6) is 0.0995. The SMILES string of the molecule is CNC(=O)[C@H](C)NC(=O)c1sc(-c2c(C)noc2C)nc1C. The van der Waals surface area contributed by atoms with Gasteiger partial charge in [0.05, 0.1) is 17.0 Å². The van der Waals surface area contributed by atoms with Gasteiger partial charge in [-0.2, -0.15) is 0 Å². The van der Waals surface area contributed by atoms with E-state index in [1.807, 2.05) is 6.92 Å². The van der Waals surface area contributed by atoms with Gasteiger partial charge in [0.2, 0.25) is 5.91 Å². The fraction of sp³-hybridized carbons (Fsp3) is 0.429. The van der Waals surface area contributed by atoms with Gasteiger partial charge < -0.3 is 15.2 Å². The van der Waals surface area contributed by atoms with Gasteiger partial charge in [-0.1, -0.05) is 5.16 Å². The molecule has 0 aromatic carbocycles. The number of carbonyl (C=O) groups is 2. The molecule has 0 aliphatic rings. The molecule has 2 heterocycles. The summed E-state index contributed by atoms with van der Waals surface area (Å²) in [6.45, 7) is 7.02. The fourth-order valence-electron chi connectivity index (χ4n) is 2.05. The van der Waals surface area contributed by atoms with Crippen LogP contribution in [-0.2, 0) is 4.79 Å². The van der Waals surface area contributed by atoms with E-state index in [9.17, 15) is 9.59 Å². The number of aryl methyl sites for hydroxylation is 3. The first kappa shape index (κ1) is 16.2. The van der Waals surface area contributed by atoms with Gasteiger partial charge >= 0.3 is 0 Å². The molecule has 0 saturated carbocycles. The first-order valence-electron chi connectivity index (χ1n) is 6.78. The molecule has 2 amide bonds. The number of hydrogen-bond acceptors (Lipinski definition) is 6. The van der Waals surface area contributed by atoms with Crippen molar-refractivity contribution in [3.05, 3.63) is 22.0 Å². The van der Waals surface area contributed by atoms with Gasteiger partial charge in [-0.15, -0.1) is 11.3 Å². The van der Waals surface area contributed by atoms with Gasteiger partial charge in [-0.05, 0) is 27.7 Å². The molecule has 1 atom stereocenters. The third-order valence-corrected chi connectivity index (χ3v) is 4.41. The van der Waals surface area contributed by atoms with Crippen LogP contribution in [0.2, 0.25) is 0 Å². The molecule has 2 rings (SSSR count). The van der Waals surface area contributed by atoms with Crippen LogP contribution in [0.15, 0.2) is 4.52 Å². The molecule has 7 nitrogen and oxygen atoms in total. The monoisotopic (exact) mass is 322 g/mol. The average Bonchev–Trinajstić information content (AvgIpc) is 3.00. The maximum Gasteiger partial charge on any atom is 0.263 e. The highest BCUT2D eigenvalue weighted by atomic mass is 32.1. The van der Waals surface area contributed by atoms with Crippen molar-refractivity contribution in [2.45, 2.75) is 33.7 Å². The summed E-state index contributed by atoms with van der Waals surface area (Å²) in [4.78, 5) is 28.7. The lowest BCUT2D eigenvalue weighted by atomic mass is 10.2. The van der Waals surface area contributed by atoms with Crippen LogP contribution in [0.4, 0.5) is 0 Å². The van der Waals surface area contributed by atoms with E-state index in [4.69, 9.17) is 4.52 Å². The molecule has 118 valence electrons. The number of rotatable bonds is 4. The maximum absolute atomic E-state index is 12.3. The summed E-state index contributed by atoms with van der Waals surface area (Å²) in [7, 11) is 1.53. The molecular formula is C14H18N4O3S. The van der Waals surface area contributed by atoms with Crippen LogP contribution in [0.5, 0.6) is 0 Å². The Balaban J connectivity index is 2.27. The van der Waals surface area contributed by atoms with Gasteiger partial charge in [-0.25, -0.2) is 4.98 Å². The van der Waals surface area contributed by atoms with E-state index in [1.165, 1.54) is 18.4 Å². The number of hydrogen-bond donors (Lipinski definition) is 2. The third-order valence-electron chi connectivity index (χ3n) is 3.24. The molecule has 0 aliphatic carbocycles. The van der Waals surface area contributed by atoms with E-state index in [2.05, 4.69) is 20.8 Å². The van der Waals surface area contributed by atoms with Crippen LogP contribution in [-0.4, -0.2) is 35.0 Å². The van der Waals surface area contributed by atoms with Crippen molar-refractivity contribution in [1.29, 1.82) is 0 Å². The normalized spacial score (nSPS) is 12.0. The summed E-state index contributed by atoms with van der Waals surface area (Å²) in [5.41, 5.74) is 2.16. The standard InChI is InChI=1S/C14H18N4O3S/c1-6-10(9(4)21-18-6)14-17-7(2)11(22-14)13(20)16-8(3)12(19)15-5/h8H,1-5H3,(H,15,19)(H,16,20)/t8-/m0/s1. The predicted octanol–water partition coefficient (Wildman–Crippen LogP) is 1.59. The summed E-state index contributed by atoms with van der Waals surface area (Å²) < 4.78 is 5.13. The van der Waals surface area contributed by atoms with E-state index in [0.29, 0.717) is 21.3 Å². The molecule has 22 heavy (non-hydrogen) atoms. The van der Waals surface area contributed by atoms with Crippen molar-refractivity contribution in [1.82, 2.24) is 20.8 Å². The summed E-state index contributed by atoms with van der Waals surface area (Å²) in [6, 6.07) is -0.610. The van der Waals surface area contributed by atoms with Crippen LogP contribution in [0, 0.1) is 20.8 Å². The Kier molecular flexibility index (Phi) is 4.60. The quantitative estimate of drug-likeness (QED) is 0.891. The zero-order valence-corrected chi connectivity index (χ0v) is 13.9. The van der Waals surface area contributed by atoms with Gasteiger partial charge in [0.1, 0.15) is 21.7 Å². The molecule has 0 spiro atoms. The predicted molar refractivity (Wildman–Crippen MR) is 82.8 cm³/mol. The summed E-state index contributed by atoms with van der Waals surface area (Å²) in [6.07, 6.45) is 0. The highest BCUT2D eigenvalue weighted by molar-refractivity contribution is 7.17. The summed E-state index contributed by atoms with van der Waals surface area (Å²) >= 11 is 1.26. The maximum atomic E-state index is 12.3. The summed E-state index contributed by atoms with van der Waals surface area (Å²) in [5, 5.41) is 9.73. The molecule has 2 aromatic heterocycles. The molecule has 0 fully saturated rings. The van der Waals surface area contributed by atoms with Crippen molar-refractivity contribution in [2.75, 3.05) is 7.05 Å². The van der Waals surface area contributed by atoms with Crippen molar-refractivity contribution < 1.29 is 14.1 Å². The molecule has 0 bridgehead atoms. The minimum atomic E-state index is -0.610. The molecule has 8 heteroatoms. The molecule has 2 N–H and O–H groups in total. The Labute approximate surface area is 132 Å². The van der Waals surface area contributed by atoms with Crippen molar-refractivity contribution in [2.24, 2.45) is 0 Å². The van der Waals surface area contributed by atoms with Crippen LogP contribution in [0.3, 0.4) is 0 Å². The van der Waals surface area contributed by atoms with Crippen LogP contribution in [0.25, 0.3) is 10.6 Å². The van der Waals surface area contributed by atoms with Gasteiger partial charge in [0, 0.05) is 7.05 Å². The molecule has 2 aromatic rings. The van der Waals surface area contributed by atoms with Gasteiger partial charge in [-0.3, -0.25) is 9.59 Å². The van der Waals surface area contributed by atoms with Crippen molar-refractivity contribution in [3.8, 4) is 10.6 Å². The zero-order chi connectivity index (χ0) is 16.4. The smallest absolute Gasteiger partial charge is 0.263 e. The average molecular weight is 322 g/mol. The van der Waals surface area contributed by atoms with E-state index in [0.717, 1.165) is 11.3 Å². The number of thiazole rings is 1. The lowest BCUT2D eigenvalue weighted by molar-refractivity contribution is -0.122. The topological polar surface area (TPSA) is 97.1 Å². The Bertz CT molecular complexity index is 700. The van der Waals surface area contributed by atoms with E-state index in [-0.39, 0.29) is 11.8 Å². The van der Waals surface area contributed by atoms with E-state index >= 15 is 0 Å². The third kappa shape index (κ3) is 3.01. The Morgan fingerprint density at radius 1 is 1.23 bits per heavy atom. The number of nitrogens with zero attached hydrogens (tertiary/aromatic N) is 2. The highest BCUT2D eigenvalue weighted by Gasteiger charge is 2.22. The molecule has 0 saturated heterocycles. The molecular weight excluding hydrogens is 304 g/mol. The minimum Gasteiger partial charge on any atom is -0.361 e. The van der Waals surface area contributed by atoms with Crippen molar-refractivity contribution >= 4 is 23.2 Å². The zero-order valence-electron chi connectivity index (χ0n) is 13.1. The minimum absolute atomic E-state index is 0.249. The van der Waals surface area contributed by atoms with E-state index in [1.54, 1.807) is 20.8 Å². The molecule has 0 unspecified atom stereocenters. The largest absolute Gasteiger partial charge is 0.361 e. The second kappa shape index (κ2) is 6.27. The Hall–Kier alpha value is -2.22. The number of amides is 2.